The molecular formula is C18H20N2O5S. The van der Waals surface area contributed by atoms with E-state index >= 15 is 0 Å². The fourth-order valence-electron chi connectivity index (χ4n) is 2.97. The van der Waals surface area contributed by atoms with Gasteiger partial charge < -0.3 is 14.4 Å². The molecule has 0 radical (unpaired) electrons. The van der Waals surface area contributed by atoms with Gasteiger partial charge in [-0.3, -0.25) is 9.52 Å². The summed E-state index contributed by atoms with van der Waals surface area (Å²) in [6, 6.07) is 9.59. The highest BCUT2D eigenvalue weighted by atomic mass is 32.2. The number of sulfonamides is 1. The van der Waals surface area contributed by atoms with E-state index in [4.69, 9.17) is 9.47 Å². The summed E-state index contributed by atoms with van der Waals surface area (Å²) in [6.07, 6.45) is 0.762. The lowest BCUT2D eigenvalue weighted by Gasteiger charge is -2.16. The molecular weight excluding hydrogens is 356 g/mol. The van der Waals surface area contributed by atoms with Crippen LogP contribution in [0.3, 0.4) is 0 Å². The molecule has 1 heterocycles. The van der Waals surface area contributed by atoms with Gasteiger partial charge in [-0.1, -0.05) is 6.07 Å². The van der Waals surface area contributed by atoms with E-state index in [1.165, 1.54) is 39.3 Å². The Hall–Kier alpha value is -2.74. The Bertz CT molecular complexity index is 956. The van der Waals surface area contributed by atoms with Crippen molar-refractivity contribution in [1.82, 2.24) is 0 Å². The molecule has 138 valence electrons. The third kappa shape index (κ3) is 3.32. The Kier molecular flexibility index (Phi) is 4.78. The standard InChI is InChI=1S/C18H20N2O5S/c1-12(21)20-9-8-13-4-5-14(10-16(13)20)19-26(22,23)15-6-7-17(24-2)18(11-15)25-3/h4-7,10-11,19H,8-9H2,1-3H3. The number of benzene rings is 2. The summed E-state index contributed by atoms with van der Waals surface area (Å²) in [5, 5.41) is 0. The molecule has 2 aromatic rings. The molecule has 0 spiro atoms. The molecule has 3 rings (SSSR count). The van der Waals surface area contributed by atoms with Crippen molar-refractivity contribution < 1.29 is 22.7 Å². The SMILES string of the molecule is COc1ccc(S(=O)(=O)Nc2ccc3c(c2)N(C(C)=O)CC3)cc1OC. The minimum absolute atomic E-state index is 0.0547. The van der Waals surface area contributed by atoms with Crippen LogP contribution < -0.4 is 19.1 Å². The number of hydrogen-bond acceptors (Lipinski definition) is 5. The maximum atomic E-state index is 12.7. The molecule has 26 heavy (non-hydrogen) atoms. The van der Waals surface area contributed by atoms with Gasteiger partial charge in [-0.15, -0.1) is 0 Å². The minimum Gasteiger partial charge on any atom is -0.493 e. The Morgan fingerprint density at radius 3 is 2.46 bits per heavy atom. The topological polar surface area (TPSA) is 84.9 Å². The first-order valence-corrected chi connectivity index (χ1v) is 9.50. The first-order chi connectivity index (χ1) is 12.4. The number of ether oxygens (including phenoxy) is 2. The van der Waals surface area contributed by atoms with Crippen molar-refractivity contribution in [3.05, 3.63) is 42.0 Å². The number of anilines is 2. The number of nitrogens with one attached hydrogen (secondary N) is 1. The molecule has 1 aliphatic heterocycles. The van der Waals surface area contributed by atoms with Gasteiger partial charge in [-0.2, -0.15) is 0 Å². The molecule has 0 saturated heterocycles. The van der Waals surface area contributed by atoms with Gasteiger partial charge in [-0.05, 0) is 36.2 Å². The smallest absolute Gasteiger partial charge is 0.262 e. The van der Waals surface area contributed by atoms with Crippen molar-refractivity contribution in [2.75, 3.05) is 30.4 Å². The number of amides is 1. The summed E-state index contributed by atoms with van der Waals surface area (Å²) in [5.41, 5.74) is 2.16. The quantitative estimate of drug-likeness (QED) is 0.866. The summed E-state index contributed by atoms with van der Waals surface area (Å²) in [7, 11) is -0.890. The average Bonchev–Trinajstić information content (AvgIpc) is 3.04. The van der Waals surface area contributed by atoms with Crippen LogP contribution in [0.15, 0.2) is 41.3 Å². The van der Waals surface area contributed by atoms with E-state index in [-0.39, 0.29) is 10.8 Å². The van der Waals surface area contributed by atoms with E-state index in [0.29, 0.717) is 23.7 Å². The summed E-state index contributed by atoms with van der Waals surface area (Å²) in [6.45, 7) is 2.10. The first kappa shape index (κ1) is 18.1. The molecule has 2 aromatic carbocycles. The lowest BCUT2D eigenvalue weighted by atomic mass is 10.1. The van der Waals surface area contributed by atoms with Crippen LogP contribution in [0.25, 0.3) is 0 Å². The van der Waals surface area contributed by atoms with Gasteiger partial charge in [0.25, 0.3) is 10.0 Å². The van der Waals surface area contributed by atoms with Crippen LogP contribution in [0.4, 0.5) is 11.4 Å². The van der Waals surface area contributed by atoms with Gasteiger partial charge in [0.1, 0.15) is 0 Å². The normalized spacial score (nSPS) is 13.3. The monoisotopic (exact) mass is 376 g/mol. The van der Waals surface area contributed by atoms with Gasteiger partial charge in [0.15, 0.2) is 11.5 Å². The predicted molar refractivity (Wildman–Crippen MR) is 98.5 cm³/mol. The number of carbonyl (C=O) groups excluding carboxylic acids is 1. The first-order valence-electron chi connectivity index (χ1n) is 8.01. The lowest BCUT2D eigenvalue weighted by molar-refractivity contribution is -0.116. The summed E-state index contributed by atoms with van der Waals surface area (Å²) >= 11 is 0. The van der Waals surface area contributed by atoms with E-state index in [1.807, 2.05) is 6.07 Å². The molecule has 0 aliphatic carbocycles. The maximum absolute atomic E-state index is 12.7. The third-order valence-electron chi connectivity index (χ3n) is 4.28. The summed E-state index contributed by atoms with van der Waals surface area (Å²) < 4.78 is 38.2. The summed E-state index contributed by atoms with van der Waals surface area (Å²) in [4.78, 5) is 13.4. The number of carbonyl (C=O) groups is 1. The van der Waals surface area contributed by atoms with Crippen LogP contribution in [-0.4, -0.2) is 35.1 Å². The second-order valence-corrected chi connectivity index (χ2v) is 7.57. The van der Waals surface area contributed by atoms with Crippen LogP contribution in [0.1, 0.15) is 12.5 Å². The molecule has 0 fully saturated rings. The lowest BCUT2D eigenvalue weighted by Crippen LogP contribution is -2.25. The Labute approximate surface area is 152 Å². The molecule has 0 unspecified atom stereocenters. The number of fused-ring (bicyclic) bond motifs is 1. The zero-order valence-electron chi connectivity index (χ0n) is 14.8. The van der Waals surface area contributed by atoms with Crippen molar-refractivity contribution in [3.8, 4) is 11.5 Å². The maximum Gasteiger partial charge on any atom is 0.262 e. The highest BCUT2D eigenvalue weighted by Gasteiger charge is 2.24. The average molecular weight is 376 g/mol. The van der Waals surface area contributed by atoms with Crippen LogP contribution in [0.2, 0.25) is 0 Å². The predicted octanol–water partition coefficient (Wildman–Crippen LogP) is 2.41. The van der Waals surface area contributed by atoms with Crippen molar-refractivity contribution in [1.29, 1.82) is 0 Å². The number of hydrogen-bond donors (Lipinski definition) is 1. The minimum atomic E-state index is -3.82. The molecule has 1 N–H and O–H groups in total. The van der Waals surface area contributed by atoms with Crippen LogP contribution in [0.5, 0.6) is 11.5 Å². The molecule has 0 aromatic heterocycles. The van der Waals surface area contributed by atoms with Crippen LogP contribution >= 0.6 is 0 Å². The Morgan fingerprint density at radius 1 is 1.08 bits per heavy atom. The number of nitrogens with zero attached hydrogens (tertiary/aromatic N) is 1. The van der Waals surface area contributed by atoms with Crippen LogP contribution in [0, 0.1) is 0 Å². The molecule has 0 bridgehead atoms. The highest BCUT2D eigenvalue weighted by Crippen LogP contribution is 2.33. The van der Waals surface area contributed by atoms with E-state index < -0.39 is 10.0 Å². The molecule has 1 amide bonds. The van der Waals surface area contributed by atoms with Gasteiger partial charge in [0, 0.05) is 25.2 Å². The van der Waals surface area contributed by atoms with Gasteiger partial charge in [0.05, 0.1) is 24.8 Å². The molecule has 7 nitrogen and oxygen atoms in total. The number of rotatable bonds is 5. The summed E-state index contributed by atoms with van der Waals surface area (Å²) in [5.74, 6) is 0.705. The van der Waals surface area contributed by atoms with Crippen LogP contribution in [-0.2, 0) is 21.2 Å². The Balaban J connectivity index is 1.91. The molecule has 8 heteroatoms. The van der Waals surface area contributed by atoms with E-state index in [9.17, 15) is 13.2 Å². The highest BCUT2D eigenvalue weighted by molar-refractivity contribution is 7.92. The van der Waals surface area contributed by atoms with Gasteiger partial charge in [-0.25, -0.2) is 8.42 Å². The Morgan fingerprint density at radius 2 is 1.81 bits per heavy atom. The third-order valence-corrected chi connectivity index (χ3v) is 5.66. The fourth-order valence-corrected chi connectivity index (χ4v) is 4.03. The van der Waals surface area contributed by atoms with Crippen molar-refractivity contribution in [3.63, 3.8) is 0 Å². The van der Waals surface area contributed by atoms with E-state index in [1.54, 1.807) is 17.0 Å². The van der Waals surface area contributed by atoms with Crippen molar-refractivity contribution in [2.24, 2.45) is 0 Å². The van der Waals surface area contributed by atoms with E-state index in [2.05, 4.69) is 4.72 Å². The molecule has 1 aliphatic rings. The van der Waals surface area contributed by atoms with Crippen molar-refractivity contribution in [2.45, 2.75) is 18.2 Å². The largest absolute Gasteiger partial charge is 0.493 e. The van der Waals surface area contributed by atoms with Gasteiger partial charge in [0.2, 0.25) is 5.91 Å². The molecule has 0 atom stereocenters. The molecule has 0 saturated carbocycles. The van der Waals surface area contributed by atoms with Gasteiger partial charge >= 0.3 is 0 Å². The second kappa shape index (κ2) is 6.87. The second-order valence-electron chi connectivity index (χ2n) is 5.89. The zero-order chi connectivity index (χ0) is 18.9. The van der Waals surface area contributed by atoms with E-state index in [0.717, 1.165) is 17.7 Å². The fraction of sp³-hybridized carbons (Fsp3) is 0.278. The van der Waals surface area contributed by atoms with Crippen molar-refractivity contribution >= 4 is 27.3 Å². The number of methoxy groups -OCH3 is 2. The zero-order valence-corrected chi connectivity index (χ0v) is 15.6.